The number of nitrogens with zero attached hydrogens (tertiary/aromatic N) is 2. The molecule has 0 atom stereocenters. The molecule has 6 heteroatoms. The Morgan fingerprint density at radius 2 is 1.93 bits per heavy atom. The van der Waals surface area contributed by atoms with Crippen molar-refractivity contribution >= 4 is 28.5 Å². The van der Waals surface area contributed by atoms with Gasteiger partial charge in [-0.1, -0.05) is 29.8 Å². The van der Waals surface area contributed by atoms with Gasteiger partial charge in [-0.25, -0.2) is 9.97 Å². The SMILES string of the molecule is Cc1cnc2[nH]cc(Cc3ccc(NCc4ccc(Cl)cc4)nc3F)c2c1. The van der Waals surface area contributed by atoms with Crippen LogP contribution in [-0.4, -0.2) is 15.0 Å². The molecule has 0 spiro atoms. The normalized spacial score (nSPS) is 11.1. The van der Waals surface area contributed by atoms with Gasteiger partial charge >= 0.3 is 0 Å². The van der Waals surface area contributed by atoms with Crippen molar-refractivity contribution in [3.05, 3.63) is 88.1 Å². The number of aromatic amines is 1. The number of nitrogens with one attached hydrogen (secondary N) is 2. The van der Waals surface area contributed by atoms with Crippen LogP contribution in [0.4, 0.5) is 10.2 Å². The molecular formula is C21H18ClFN4. The van der Waals surface area contributed by atoms with Crippen LogP contribution in [-0.2, 0) is 13.0 Å². The molecule has 0 saturated heterocycles. The summed E-state index contributed by atoms with van der Waals surface area (Å²) in [6.45, 7) is 2.54. The standard InChI is InChI=1S/C21H18ClFN4/c1-13-8-18-16(12-26-21(18)25-10-13)9-15-4-7-19(27-20(15)23)24-11-14-2-5-17(22)6-3-14/h2-8,10,12H,9,11H2,1H3,(H,24,27)(H,25,26). The number of anilines is 1. The minimum Gasteiger partial charge on any atom is -0.366 e. The Kier molecular flexibility index (Phi) is 4.77. The lowest BCUT2D eigenvalue weighted by Gasteiger charge is -2.08. The zero-order valence-corrected chi connectivity index (χ0v) is 15.5. The van der Waals surface area contributed by atoms with Crippen LogP contribution in [0.3, 0.4) is 0 Å². The minimum absolute atomic E-state index is 0.460. The van der Waals surface area contributed by atoms with Crippen LogP contribution in [0.1, 0.15) is 22.3 Å². The average Bonchev–Trinajstić information content (AvgIpc) is 3.05. The predicted octanol–water partition coefficient (Wildman–Crippen LogP) is 5.26. The zero-order chi connectivity index (χ0) is 18.8. The zero-order valence-electron chi connectivity index (χ0n) is 14.8. The fourth-order valence-corrected chi connectivity index (χ4v) is 3.13. The summed E-state index contributed by atoms with van der Waals surface area (Å²) in [7, 11) is 0. The topological polar surface area (TPSA) is 53.6 Å². The first-order valence-corrected chi connectivity index (χ1v) is 9.02. The lowest BCUT2D eigenvalue weighted by Crippen LogP contribution is -2.04. The van der Waals surface area contributed by atoms with Crippen LogP contribution in [0.25, 0.3) is 11.0 Å². The van der Waals surface area contributed by atoms with E-state index < -0.39 is 5.95 Å². The van der Waals surface area contributed by atoms with E-state index in [1.54, 1.807) is 12.1 Å². The van der Waals surface area contributed by atoms with Crippen LogP contribution < -0.4 is 5.32 Å². The van der Waals surface area contributed by atoms with Crippen molar-refractivity contribution in [2.45, 2.75) is 19.9 Å². The van der Waals surface area contributed by atoms with Gasteiger partial charge in [0, 0.05) is 41.3 Å². The highest BCUT2D eigenvalue weighted by atomic mass is 35.5. The third kappa shape index (κ3) is 3.93. The molecule has 1 aromatic carbocycles. The summed E-state index contributed by atoms with van der Waals surface area (Å²) in [5, 5.41) is 4.84. The maximum atomic E-state index is 14.5. The fourth-order valence-electron chi connectivity index (χ4n) is 3.00. The molecule has 0 aliphatic heterocycles. The molecule has 0 saturated carbocycles. The molecule has 0 fully saturated rings. The molecule has 0 radical (unpaired) electrons. The van der Waals surface area contributed by atoms with Gasteiger partial charge in [0.05, 0.1) is 0 Å². The van der Waals surface area contributed by atoms with Crippen molar-refractivity contribution in [2.75, 3.05) is 5.32 Å². The third-order valence-corrected chi connectivity index (χ3v) is 4.70. The number of H-pyrrole nitrogens is 1. The number of aryl methyl sites for hydroxylation is 1. The third-order valence-electron chi connectivity index (χ3n) is 4.45. The molecule has 136 valence electrons. The Morgan fingerprint density at radius 1 is 1.11 bits per heavy atom. The second-order valence-corrected chi connectivity index (χ2v) is 6.96. The number of hydrogen-bond acceptors (Lipinski definition) is 3. The Morgan fingerprint density at radius 3 is 2.70 bits per heavy atom. The number of hydrogen-bond donors (Lipinski definition) is 2. The summed E-state index contributed by atoms with van der Waals surface area (Å²) in [4.78, 5) is 11.5. The van der Waals surface area contributed by atoms with E-state index in [4.69, 9.17) is 11.6 Å². The summed E-state index contributed by atoms with van der Waals surface area (Å²) in [6.07, 6.45) is 4.15. The predicted molar refractivity (Wildman–Crippen MR) is 107 cm³/mol. The Balaban J connectivity index is 1.49. The monoisotopic (exact) mass is 380 g/mol. The van der Waals surface area contributed by atoms with E-state index in [-0.39, 0.29) is 0 Å². The minimum atomic E-state index is -0.467. The van der Waals surface area contributed by atoms with Gasteiger partial charge in [-0.15, -0.1) is 0 Å². The van der Waals surface area contributed by atoms with E-state index in [1.807, 2.05) is 43.6 Å². The van der Waals surface area contributed by atoms with Crippen LogP contribution in [0, 0.1) is 12.9 Å². The number of fused-ring (bicyclic) bond motifs is 1. The van der Waals surface area contributed by atoms with Crippen LogP contribution in [0.15, 0.2) is 54.9 Å². The molecule has 4 nitrogen and oxygen atoms in total. The molecule has 3 heterocycles. The molecule has 0 unspecified atom stereocenters. The molecule has 0 aliphatic carbocycles. The van der Waals surface area contributed by atoms with Gasteiger partial charge in [0.2, 0.25) is 5.95 Å². The van der Waals surface area contributed by atoms with Crippen LogP contribution >= 0.6 is 11.6 Å². The molecule has 27 heavy (non-hydrogen) atoms. The number of halogens is 2. The second-order valence-electron chi connectivity index (χ2n) is 6.53. The maximum absolute atomic E-state index is 14.5. The first-order chi connectivity index (χ1) is 13.1. The highest BCUT2D eigenvalue weighted by molar-refractivity contribution is 6.30. The molecule has 0 amide bonds. The summed E-state index contributed by atoms with van der Waals surface area (Å²) in [5.74, 6) is 0.0358. The fraction of sp³-hybridized carbons (Fsp3) is 0.143. The van der Waals surface area contributed by atoms with E-state index in [2.05, 4.69) is 26.3 Å². The van der Waals surface area contributed by atoms with Gasteiger partial charge < -0.3 is 10.3 Å². The van der Waals surface area contributed by atoms with Gasteiger partial charge in [-0.2, -0.15) is 4.39 Å². The molecule has 0 aliphatic rings. The Bertz CT molecular complexity index is 1090. The quantitative estimate of drug-likeness (QED) is 0.464. The largest absolute Gasteiger partial charge is 0.366 e. The van der Waals surface area contributed by atoms with Gasteiger partial charge in [0.15, 0.2) is 0 Å². The van der Waals surface area contributed by atoms with Crippen LogP contribution in [0.2, 0.25) is 5.02 Å². The summed E-state index contributed by atoms with van der Waals surface area (Å²) >= 11 is 5.88. The number of pyridine rings is 2. The van der Waals surface area contributed by atoms with E-state index in [9.17, 15) is 4.39 Å². The van der Waals surface area contributed by atoms with Gasteiger partial charge in [0.25, 0.3) is 0 Å². The molecule has 4 aromatic rings. The molecule has 0 bridgehead atoms. The molecule has 4 rings (SSSR count). The van der Waals surface area contributed by atoms with Gasteiger partial charge in [-0.3, -0.25) is 0 Å². The second kappa shape index (κ2) is 7.37. The molecule has 3 aromatic heterocycles. The molecular weight excluding hydrogens is 363 g/mol. The van der Waals surface area contributed by atoms with Gasteiger partial charge in [-0.05, 0) is 47.9 Å². The first-order valence-electron chi connectivity index (χ1n) is 8.65. The van der Waals surface area contributed by atoms with Gasteiger partial charge in [0.1, 0.15) is 11.5 Å². The Labute approximate surface area is 161 Å². The van der Waals surface area contributed by atoms with Crippen molar-refractivity contribution in [1.29, 1.82) is 0 Å². The highest BCUT2D eigenvalue weighted by Crippen LogP contribution is 2.22. The lowest BCUT2D eigenvalue weighted by atomic mass is 10.1. The van der Waals surface area contributed by atoms with Crippen molar-refractivity contribution in [3.63, 3.8) is 0 Å². The van der Waals surface area contributed by atoms with E-state index in [0.717, 1.165) is 27.7 Å². The Hall–Kier alpha value is -2.92. The summed E-state index contributed by atoms with van der Waals surface area (Å²) in [5.41, 5.74) is 4.49. The lowest BCUT2D eigenvalue weighted by molar-refractivity contribution is 0.571. The number of aromatic nitrogens is 3. The first kappa shape index (κ1) is 17.5. The van der Waals surface area contributed by atoms with E-state index in [0.29, 0.717) is 29.4 Å². The van der Waals surface area contributed by atoms with Crippen molar-refractivity contribution in [3.8, 4) is 0 Å². The van der Waals surface area contributed by atoms with Crippen molar-refractivity contribution in [2.24, 2.45) is 0 Å². The van der Waals surface area contributed by atoms with Crippen LogP contribution in [0.5, 0.6) is 0 Å². The average molecular weight is 381 g/mol. The smallest absolute Gasteiger partial charge is 0.218 e. The number of benzene rings is 1. The van der Waals surface area contributed by atoms with Crippen molar-refractivity contribution < 1.29 is 4.39 Å². The highest BCUT2D eigenvalue weighted by Gasteiger charge is 2.11. The van der Waals surface area contributed by atoms with E-state index >= 15 is 0 Å². The summed E-state index contributed by atoms with van der Waals surface area (Å²) < 4.78 is 14.5. The maximum Gasteiger partial charge on any atom is 0.218 e. The summed E-state index contributed by atoms with van der Waals surface area (Å²) in [6, 6.07) is 13.1. The number of rotatable bonds is 5. The van der Waals surface area contributed by atoms with E-state index in [1.165, 1.54) is 0 Å². The van der Waals surface area contributed by atoms with Crippen molar-refractivity contribution in [1.82, 2.24) is 15.0 Å². The molecule has 2 N–H and O–H groups in total.